The van der Waals surface area contributed by atoms with Crippen LogP contribution in [-0.2, 0) is 42.4 Å². The van der Waals surface area contributed by atoms with Crippen molar-refractivity contribution in [2.75, 3.05) is 28.7 Å². The molecule has 0 unspecified atom stereocenters. The third-order valence-electron chi connectivity index (χ3n) is 8.16. The smallest absolute Gasteiger partial charge is 0.294 e. The summed E-state index contributed by atoms with van der Waals surface area (Å²) in [5.74, 6) is -0.427. The molecule has 0 saturated heterocycles. The maximum atomic E-state index is 11.9. The minimum atomic E-state index is -4.43. The van der Waals surface area contributed by atoms with E-state index in [1.165, 1.54) is 12.1 Å². The molecule has 2 aliphatic rings. The highest BCUT2D eigenvalue weighted by atomic mass is 127. The molecule has 10 nitrogen and oxygen atoms in total. The Balaban J connectivity index is 1.69. The molecule has 2 aliphatic heterocycles. The summed E-state index contributed by atoms with van der Waals surface area (Å²) in [6, 6.07) is 10.6. The van der Waals surface area contributed by atoms with E-state index in [9.17, 15) is 30.7 Å². The van der Waals surface area contributed by atoms with Crippen LogP contribution < -0.4 is 10.2 Å². The second-order valence-corrected chi connectivity index (χ2v) is 15.6. The molecule has 1 amide bonds. The van der Waals surface area contributed by atoms with E-state index in [-0.39, 0.29) is 29.2 Å². The zero-order chi connectivity index (χ0) is 32.0. The van der Waals surface area contributed by atoms with Crippen molar-refractivity contribution in [2.45, 2.75) is 56.4 Å². The monoisotopic (exact) mass is 742 g/mol. The average molecular weight is 743 g/mol. The van der Waals surface area contributed by atoms with Gasteiger partial charge in [-0.25, -0.2) is 0 Å². The van der Waals surface area contributed by atoms with Crippen LogP contribution in [0.5, 0.6) is 0 Å². The van der Waals surface area contributed by atoms with Gasteiger partial charge in [0.05, 0.1) is 20.5 Å². The molecule has 0 aliphatic carbocycles. The van der Waals surface area contributed by atoms with Crippen molar-refractivity contribution < 1.29 is 35.3 Å². The molecule has 3 N–H and O–H groups in total. The van der Waals surface area contributed by atoms with E-state index in [0.29, 0.717) is 22.2 Å². The number of fused-ring (bicyclic) bond motifs is 2. The van der Waals surface area contributed by atoms with Crippen LogP contribution >= 0.6 is 22.6 Å². The lowest BCUT2D eigenvalue weighted by atomic mass is 9.80. The normalized spacial score (nSPS) is 18.4. The standard InChI is InChI=1S/C30H36IN3O7S2/c1-29(2)22-16-20(19-32-28(35)18-31)10-12-24(22)33(5)26(29)8-6-9-27-30(3,4)23-17-21(43(39,40)41)11-13-25(23)34(27)14-7-15-42(36,37)38/h6,8-13,16-17H,7,14-15,18-19H2,1-5H3,(H2-,32,35,36,37,38,39,40,41)/p+1. The number of hydrogen-bond acceptors (Lipinski definition) is 6. The number of alkyl halides is 1. The first-order valence-corrected chi connectivity index (χ1v) is 18.3. The molecule has 0 spiro atoms. The SMILES string of the molecule is C[N+]1=C(/C=C/C=C2\N(CCCS(=O)(=O)O)c3ccc(S(=O)(=O)O)cc3C2(C)C)C(C)(C)c2cc(CNC(=O)CI)ccc21. The van der Waals surface area contributed by atoms with Crippen molar-refractivity contribution in [3.8, 4) is 0 Å². The van der Waals surface area contributed by atoms with Gasteiger partial charge < -0.3 is 10.2 Å². The maximum absolute atomic E-state index is 11.9. The Hall–Kier alpha value is -2.59. The van der Waals surface area contributed by atoms with Gasteiger partial charge in [-0.3, -0.25) is 13.9 Å². The Kier molecular flexibility index (Phi) is 9.35. The van der Waals surface area contributed by atoms with Gasteiger partial charge in [-0.05, 0) is 61.7 Å². The van der Waals surface area contributed by atoms with Gasteiger partial charge in [-0.1, -0.05) is 48.6 Å². The molecule has 2 aromatic carbocycles. The first-order chi connectivity index (χ1) is 19.9. The van der Waals surface area contributed by atoms with E-state index < -0.39 is 31.4 Å². The predicted molar refractivity (Wildman–Crippen MR) is 176 cm³/mol. The first-order valence-electron chi connectivity index (χ1n) is 13.7. The van der Waals surface area contributed by atoms with E-state index >= 15 is 0 Å². The highest BCUT2D eigenvalue weighted by molar-refractivity contribution is 14.1. The summed E-state index contributed by atoms with van der Waals surface area (Å²) in [5.41, 5.74) is 5.44. The molecule has 13 heteroatoms. The third kappa shape index (κ3) is 6.90. The minimum absolute atomic E-state index is 0.0149. The Morgan fingerprint density at radius 2 is 1.72 bits per heavy atom. The fraction of sp³-hybridized carbons (Fsp3) is 0.400. The number of rotatable bonds is 10. The fourth-order valence-electron chi connectivity index (χ4n) is 5.93. The Bertz CT molecular complexity index is 1780. The van der Waals surface area contributed by atoms with Crippen LogP contribution in [0.1, 0.15) is 50.8 Å². The summed E-state index contributed by atoms with van der Waals surface area (Å²) in [6.45, 7) is 8.89. The number of nitrogens with one attached hydrogen (secondary N) is 1. The number of nitrogens with zero attached hydrogens (tertiary/aromatic N) is 2. The molecule has 2 heterocycles. The van der Waals surface area contributed by atoms with E-state index in [1.807, 2.05) is 72.7 Å². The lowest BCUT2D eigenvalue weighted by Gasteiger charge is -2.27. The third-order valence-corrected chi connectivity index (χ3v) is 10.5. The van der Waals surface area contributed by atoms with Gasteiger partial charge in [0.1, 0.15) is 7.05 Å². The summed E-state index contributed by atoms with van der Waals surface area (Å²) >= 11 is 2.03. The van der Waals surface area contributed by atoms with E-state index in [1.54, 1.807) is 6.07 Å². The Labute approximate surface area is 267 Å². The molecule has 0 fully saturated rings. The Morgan fingerprint density at radius 1 is 1.02 bits per heavy atom. The van der Waals surface area contributed by atoms with Gasteiger partial charge in [0.15, 0.2) is 5.71 Å². The number of amides is 1. The fourth-order valence-corrected chi connectivity index (χ4v) is 7.20. The molecular formula is C30H37IN3O7S2+. The second kappa shape index (κ2) is 12.1. The van der Waals surface area contributed by atoms with Gasteiger partial charge in [-0.2, -0.15) is 21.4 Å². The minimum Gasteiger partial charge on any atom is -0.351 e. The van der Waals surface area contributed by atoms with Gasteiger partial charge in [0.2, 0.25) is 11.6 Å². The number of carbonyl (C=O) groups is 1. The average Bonchev–Trinajstić information content (AvgIpc) is 3.24. The van der Waals surface area contributed by atoms with Crippen molar-refractivity contribution in [3.63, 3.8) is 0 Å². The molecule has 0 atom stereocenters. The topological polar surface area (TPSA) is 144 Å². The maximum Gasteiger partial charge on any atom is 0.294 e. The van der Waals surface area contributed by atoms with Crippen LogP contribution in [0.2, 0.25) is 0 Å². The first kappa shape index (κ1) is 33.3. The lowest BCUT2D eigenvalue weighted by Crippen LogP contribution is -2.28. The van der Waals surface area contributed by atoms with Crippen LogP contribution in [0.4, 0.5) is 11.4 Å². The van der Waals surface area contributed by atoms with Crippen LogP contribution in [0.3, 0.4) is 0 Å². The van der Waals surface area contributed by atoms with Crippen LogP contribution in [0, 0.1) is 0 Å². The number of halogens is 1. The number of benzene rings is 2. The van der Waals surface area contributed by atoms with Crippen molar-refractivity contribution in [2.24, 2.45) is 0 Å². The molecular weight excluding hydrogens is 705 g/mol. The highest BCUT2D eigenvalue weighted by Gasteiger charge is 2.43. The van der Waals surface area contributed by atoms with Gasteiger partial charge in [-0.15, -0.1) is 0 Å². The van der Waals surface area contributed by atoms with Crippen LogP contribution in [0.25, 0.3) is 0 Å². The summed E-state index contributed by atoms with van der Waals surface area (Å²) in [7, 11) is -6.57. The summed E-state index contributed by atoms with van der Waals surface area (Å²) in [4.78, 5) is 13.5. The van der Waals surface area contributed by atoms with Crippen molar-refractivity contribution >= 4 is 65.8 Å². The van der Waals surface area contributed by atoms with E-state index in [4.69, 9.17) is 0 Å². The molecule has 0 bridgehead atoms. The number of allylic oxidation sites excluding steroid dienone is 4. The highest BCUT2D eigenvalue weighted by Crippen LogP contribution is 2.48. The van der Waals surface area contributed by atoms with Crippen molar-refractivity contribution in [1.82, 2.24) is 5.32 Å². The summed E-state index contributed by atoms with van der Waals surface area (Å²) in [6.07, 6.45) is 6.05. The summed E-state index contributed by atoms with van der Waals surface area (Å²) in [5, 5.41) is 2.92. The predicted octanol–water partition coefficient (Wildman–Crippen LogP) is 4.51. The van der Waals surface area contributed by atoms with Gasteiger partial charge in [0.25, 0.3) is 20.2 Å². The van der Waals surface area contributed by atoms with Crippen LogP contribution in [0.15, 0.2) is 65.2 Å². The molecule has 0 aromatic heterocycles. The quantitative estimate of drug-likeness (QED) is 0.140. The van der Waals surface area contributed by atoms with Crippen LogP contribution in [-0.4, -0.2) is 65.9 Å². The van der Waals surface area contributed by atoms with Gasteiger partial charge >= 0.3 is 0 Å². The Morgan fingerprint density at radius 3 is 2.35 bits per heavy atom. The zero-order valence-electron chi connectivity index (χ0n) is 24.8. The van der Waals surface area contributed by atoms with E-state index in [2.05, 4.69) is 35.9 Å². The number of hydrogen-bond donors (Lipinski definition) is 3. The largest absolute Gasteiger partial charge is 0.351 e. The zero-order valence-corrected chi connectivity index (χ0v) is 28.5. The molecule has 232 valence electrons. The molecule has 4 rings (SSSR count). The lowest BCUT2D eigenvalue weighted by molar-refractivity contribution is -0.401. The van der Waals surface area contributed by atoms with Crippen molar-refractivity contribution in [1.29, 1.82) is 0 Å². The molecule has 2 aromatic rings. The number of anilines is 1. The molecule has 0 saturated carbocycles. The number of carbonyl (C=O) groups excluding carboxylic acids is 1. The summed E-state index contributed by atoms with van der Waals surface area (Å²) < 4.78 is 68.1. The molecule has 0 radical (unpaired) electrons. The van der Waals surface area contributed by atoms with Crippen molar-refractivity contribution in [3.05, 3.63) is 77.0 Å². The molecule has 43 heavy (non-hydrogen) atoms. The van der Waals surface area contributed by atoms with Gasteiger partial charge in [0, 0.05) is 47.6 Å². The van der Waals surface area contributed by atoms with E-state index in [0.717, 1.165) is 28.2 Å². The second-order valence-electron chi connectivity index (χ2n) is 11.8.